The number of hydrogen-bond donors (Lipinski definition) is 1. The molecule has 0 spiro atoms. The van der Waals surface area contributed by atoms with E-state index in [2.05, 4.69) is 16.8 Å². The number of aromatic amines is 1. The molecule has 1 atom stereocenters. The first-order valence-corrected chi connectivity index (χ1v) is 8.86. The van der Waals surface area contributed by atoms with Crippen molar-refractivity contribution in [2.45, 2.75) is 32.7 Å². The van der Waals surface area contributed by atoms with Gasteiger partial charge in [0.25, 0.3) is 5.91 Å². The maximum Gasteiger partial charge on any atom is 0.259 e. The number of piperidine rings is 1. The van der Waals surface area contributed by atoms with Crippen LogP contribution in [0.1, 0.15) is 35.8 Å². The number of morpholine rings is 1. The third-order valence-electron chi connectivity index (χ3n) is 5.42. The summed E-state index contributed by atoms with van der Waals surface area (Å²) in [4.78, 5) is 31.9. The molecule has 3 rings (SSSR count). The minimum atomic E-state index is -0.194. The lowest BCUT2D eigenvalue weighted by molar-refractivity contribution is -0.000960. The van der Waals surface area contributed by atoms with Gasteiger partial charge < -0.3 is 14.6 Å². The highest BCUT2D eigenvalue weighted by molar-refractivity contribution is 5.93. The monoisotopic (exact) mass is 333 g/mol. The zero-order valence-corrected chi connectivity index (χ0v) is 14.6. The van der Waals surface area contributed by atoms with Gasteiger partial charge in [-0.3, -0.25) is 14.5 Å². The third kappa shape index (κ3) is 3.70. The van der Waals surface area contributed by atoms with E-state index in [1.54, 1.807) is 6.20 Å². The highest BCUT2D eigenvalue weighted by Crippen LogP contribution is 2.25. The van der Waals surface area contributed by atoms with Gasteiger partial charge in [-0.2, -0.15) is 0 Å². The number of nitrogens with zero attached hydrogens (tertiary/aromatic N) is 2. The van der Waals surface area contributed by atoms with Crippen LogP contribution in [0.2, 0.25) is 0 Å². The molecule has 0 saturated carbocycles. The second-order valence-electron chi connectivity index (χ2n) is 6.91. The normalized spacial score (nSPS) is 21.7. The summed E-state index contributed by atoms with van der Waals surface area (Å²) in [6.07, 6.45) is 3.53. The van der Waals surface area contributed by atoms with Gasteiger partial charge in [-0.1, -0.05) is 0 Å². The Bertz CT molecular complexity index is 629. The molecule has 0 bridgehead atoms. The van der Waals surface area contributed by atoms with Crippen molar-refractivity contribution in [3.8, 4) is 0 Å². The molecule has 132 valence electrons. The Balaban J connectivity index is 1.58. The van der Waals surface area contributed by atoms with Crippen molar-refractivity contribution < 1.29 is 9.53 Å². The van der Waals surface area contributed by atoms with Crippen LogP contribution < -0.4 is 5.43 Å². The van der Waals surface area contributed by atoms with Gasteiger partial charge in [0.1, 0.15) is 5.56 Å². The van der Waals surface area contributed by atoms with Crippen LogP contribution >= 0.6 is 0 Å². The maximum absolute atomic E-state index is 12.6. The molecule has 2 saturated heterocycles. The van der Waals surface area contributed by atoms with Crippen LogP contribution in [0.15, 0.2) is 17.1 Å². The number of aromatic nitrogens is 1. The summed E-state index contributed by atoms with van der Waals surface area (Å²) in [5.41, 5.74) is 0.829. The van der Waals surface area contributed by atoms with Gasteiger partial charge >= 0.3 is 0 Å². The van der Waals surface area contributed by atoms with Crippen molar-refractivity contribution in [2.24, 2.45) is 5.92 Å². The van der Waals surface area contributed by atoms with Crippen molar-refractivity contribution in [1.82, 2.24) is 14.8 Å². The van der Waals surface area contributed by atoms with Crippen LogP contribution in [-0.4, -0.2) is 66.1 Å². The molecule has 1 aromatic heterocycles. The van der Waals surface area contributed by atoms with Gasteiger partial charge in [0.15, 0.2) is 5.43 Å². The van der Waals surface area contributed by atoms with Crippen molar-refractivity contribution in [3.63, 3.8) is 0 Å². The summed E-state index contributed by atoms with van der Waals surface area (Å²) in [6, 6.07) is 2.01. The number of ether oxygens (including phenoxy) is 1. The molecule has 6 heteroatoms. The zero-order valence-electron chi connectivity index (χ0n) is 14.6. The highest BCUT2D eigenvalue weighted by atomic mass is 16.5. The smallest absolute Gasteiger partial charge is 0.259 e. The van der Waals surface area contributed by atoms with E-state index in [9.17, 15) is 9.59 Å². The van der Waals surface area contributed by atoms with Gasteiger partial charge in [-0.15, -0.1) is 0 Å². The Morgan fingerprint density at radius 3 is 2.54 bits per heavy atom. The number of carbonyl (C=O) groups excluding carboxylic acids is 1. The molecule has 2 aliphatic rings. The van der Waals surface area contributed by atoms with Crippen molar-refractivity contribution in [2.75, 3.05) is 39.4 Å². The molecule has 0 radical (unpaired) electrons. The van der Waals surface area contributed by atoms with Crippen LogP contribution in [0.4, 0.5) is 0 Å². The molecule has 0 aromatic carbocycles. The number of likely N-dealkylation sites (tertiary alicyclic amines) is 1. The first-order valence-electron chi connectivity index (χ1n) is 8.86. The Kier molecular flexibility index (Phi) is 5.36. The molecule has 24 heavy (non-hydrogen) atoms. The van der Waals surface area contributed by atoms with Crippen LogP contribution in [0.25, 0.3) is 0 Å². The van der Waals surface area contributed by atoms with Crippen LogP contribution in [-0.2, 0) is 4.74 Å². The van der Waals surface area contributed by atoms with Crippen molar-refractivity contribution in [1.29, 1.82) is 0 Å². The average molecular weight is 333 g/mol. The Morgan fingerprint density at radius 2 is 1.92 bits per heavy atom. The SMILES string of the molecule is Cc1cc(=O)c(C(=O)N2CCC(C(C)N3CCOCC3)CC2)c[nH]1. The minimum absolute atomic E-state index is 0.145. The van der Waals surface area contributed by atoms with E-state index in [1.165, 1.54) is 6.07 Å². The summed E-state index contributed by atoms with van der Waals surface area (Å²) in [6.45, 7) is 9.19. The first-order chi connectivity index (χ1) is 11.6. The first kappa shape index (κ1) is 17.2. The van der Waals surface area contributed by atoms with Gasteiger partial charge in [0.2, 0.25) is 0 Å². The summed E-state index contributed by atoms with van der Waals surface area (Å²) in [5, 5.41) is 0. The topological polar surface area (TPSA) is 65.6 Å². The molecule has 2 fully saturated rings. The van der Waals surface area contributed by atoms with Gasteiger partial charge in [-0.25, -0.2) is 0 Å². The molecule has 6 nitrogen and oxygen atoms in total. The van der Waals surface area contributed by atoms with E-state index in [1.807, 2.05) is 11.8 Å². The predicted octanol–water partition coefficient (Wildman–Crippen LogP) is 1.26. The molecule has 1 unspecified atom stereocenters. The fourth-order valence-electron chi connectivity index (χ4n) is 3.78. The summed E-state index contributed by atoms with van der Waals surface area (Å²) >= 11 is 0. The maximum atomic E-state index is 12.6. The quantitative estimate of drug-likeness (QED) is 0.904. The highest BCUT2D eigenvalue weighted by Gasteiger charge is 2.30. The predicted molar refractivity (Wildman–Crippen MR) is 92.3 cm³/mol. The Morgan fingerprint density at radius 1 is 1.25 bits per heavy atom. The van der Waals surface area contributed by atoms with E-state index >= 15 is 0 Å². The fraction of sp³-hybridized carbons (Fsp3) is 0.667. The second-order valence-corrected chi connectivity index (χ2v) is 6.91. The molecular formula is C18H27N3O3. The van der Waals surface area contributed by atoms with E-state index in [4.69, 9.17) is 4.74 Å². The number of amides is 1. The number of rotatable bonds is 3. The lowest BCUT2D eigenvalue weighted by Gasteiger charge is -2.41. The number of hydrogen-bond acceptors (Lipinski definition) is 4. The summed E-state index contributed by atoms with van der Waals surface area (Å²) in [7, 11) is 0. The number of pyridine rings is 1. The Labute approximate surface area is 142 Å². The number of carbonyl (C=O) groups is 1. The molecule has 0 aliphatic carbocycles. The van der Waals surface area contributed by atoms with E-state index in [0.717, 1.165) is 57.9 Å². The largest absolute Gasteiger partial charge is 0.379 e. The van der Waals surface area contributed by atoms with E-state index in [-0.39, 0.29) is 16.9 Å². The van der Waals surface area contributed by atoms with Crippen LogP contribution in [0.3, 0.4) is 0 Å². The molecular weight excluding hydrogens is 306 g/mol. The molecule has 3 heterocycles. The van der Waals surface area contributed by atoms with E-state index in [0.29, 0.717) is 12.0 Å². The van der Waals surface area contributed by atoms with Crippen molar-refractivity contribution in [3.05, 3.63) is 33.7 Å². The van der Waals surface area contributed by atoms with Crippen LogP contribution in [0.5, 0.6) is 0 Å². The van der Waals surface area contributed by atoms with Gasteiger partial charge in [-0.05, 0) is 32.6 Å². The molecule has 2 aliphatic heterocycles. The lowest BCUT2D eigenvalue weighted by Crippen LogP contribution is -2.49. The minimum Gasteiger partial charge on any atom is -0.379 e. The Hall–Kier alpha value is -1.66. The average Bonchev–Trinajstić information content (AvgIpc) is 2.61. The molecule has 1 amide bonds. The van der Waals surface area contributed by atoms with Gasteiger partial charge in [0, 0.05) is 50.2 Å². The summed E-state index contributed by atoms with van der Waals surface area (Å²) < 4.78 is 5.43. The fourth-order valence-corrected chi connectivity index (χ4v) is 3.78. The molecule has 1 aromatic rings. The van der Waals surface area contributed by atoms with Crippen molar-refractivity contribution >= 4 is 5.91 Å². The number of H-pyrrole nitrogens is 1. The number of nitrogens with one attached hydrogen (secondary N) is 1. The standard InChI is InChI=1S/C18H27N3O3/c1-13-11-17(22)16(12-19-13)18(23)21-5-3-15(4-6-21)14(2)20-7-9-24-10-8-20/h11-12,14-15H,3-10H2,1-2H3,(H,19,22). The van der Waals surface area contributed by atoms with Crippen LogP contribution in [0, 0.1) is 12.8 Å². The lowest BCUT2D eigenvalue weighted by atomic mass is 9.89. The zero-order chi connectivity index (χ0) is 17.1. The second kappa shape index (κ2) is 7.49. The van der Waals surface area contributed by atoms with Gasteiger partial charge in [0.05, 0.1) is 13.2 Å². The molecule has 1 N–H and O–H groups in total. The van der Waals surface area contributed by atoms with E-state index < -0.39 is 0 Å². The third-order valence-corrected chi connectivity index (χ3v) is 5.42. The summed E-state index contributed by atoms with van der Waals surface area (Å²) in [5.74, 6) is 0.456. The number of aryl methyl sites for hydroxylation is 1.